The van der Waals surface area contributed by atoms with E-state index in [4.69, 9.17) is 16.6 Å². The molecule has 4 aromatic rings. The van der Waals surface area contributed by atoms with E-state index in [9.17, 15) is 4.79 Å². The fourth-order valence-electron chi connectivity index (χ4n) is 5.92. The minimum atomic E-state index is 0.0655. The third-order valence-corrected chi connectivity index (χ3v) is 9.41. The number of fused-ring (bicyclic) bond motifs is 1. The van der Waals surface area contributed by atoms with Crippen molar-refractivity contribution in [2.75, 3.05) is 0 Å². The molecule has 1 saturated carbocycles. The van der Waals surface area contributed by atoms with Gasteiger partial charge >= 0.3 is 0 Å². The second kappa shape index (κ2) is 11.1. The van der Waals surface area contributed by atoms with Gasteiger partial charge in [0.1, 0.15) is 0 Å². The number of para-hydroxylation sites is 2. The van der Waals surface area contributed by atoms with Crippen molar-refractivity contribution in [3.8, 4) is 0 Å². The Bertz CT molecular complexity index is 1590. The van der Waals surface area contributed by atoms with E-state index in [-0.39, 0.29) is 11.9 Å². The topological polar surface area (TPSA) is 37.6 Å². The molecular formula is C33H32ClN3OS. The summed E-state index contributed by atoms with van der Waals surface area (Å²) in [5, 5.41) is 2.68. The average molecular weight is 554 g/mol. The Kier molecular flexibility index (Phi) is 7.37. The number of amides is 1. The van der Waals surface area contributed by atoms with Crippen molar-refractivity contribution in [1.82, 2.24) is 9.47 Å². The van der Waals surface area contributed by atoms with Crippen molar-refractivity contribution in [3.63, 3.8) is 0 Å². The minimum absolute atomic E-state index is 0.0655. The van der Waals surface area contributed by atoms with E-state index in [2.05, 4.69) is 54.8 Å². The van der Waals surface area contributed by atoms with Gasteiger partial charge in [-0.2, -0.15) is 0 Å². The van der Waals surface area contributed by atoms with Crippen molar-refractivity contribution >= 4 is 57.1 Å². The summed E-state index contributed by atoms with van der Waals surface area (Å²) in [6.07, 6.45) is 6.62. The highest BCUT2D eigenvalue weighted by Crippen LogP contribution is 2.41. The van der Waals surface area contributed by atoms with Crippen LogP contribution < -0.4 is 0 Å². The highest BCUT2D eigenvalue weighted by Gasteiger charge is 2.41. The Morgan fingerprint density at radius 1 is 0.974 bits per heavy atom. The number of aromatic nitrogens is 1. The fourth-order valence-corrected chi connectivity index (χ4v) is 7.14. The lowest BCUT2D eigenvalue weighted by molar-refractivity contribution is -0.124. The third kappa shape index (κ3) is 5.06. The predicted molar refractivity (Wildman–Crippen MR) is 165 cm³/mol. The van der Waals surface area contributed by atoms with Crippen molar-refractivity contribution in [2.24, 2.45) is 10.9 Å². The van der Waals surface area contributed by atoms with E-state index in [0.29, 0.717) is 12.5 Å². The van der Waals surface area contributed by atoms with Crippen molar-refractivity contribution in [3.05, 3.63) is 106 Å². The number of carbonyl (C=O) groups excluding carboxylic acids is 1. The standard InChI is InChI=1S/C33H32ClN3OS/c1-22-12-6-10-18-29(22)37-32(38)31(39-33(37)35-25-14-4-3-5-15-25)20-27-23(2)36(30-19-11-8-16-26(27)30)21-24-13-7-9-17-28(24)34/h3-5,7-9,11,13-17,19-20,22,29H,6,10,12,18,21H2,1-2H3/b31-20-,35-33?/t22-,29-/m1/s1. The number of hydrogen-bond acceptors (Lipinski definition) is 3. The lowest BCUT2D eigenvalue weighted by Crippen LogP contribution is -2.44. The van der Waals surface area contributed by atoms with E-state index in [1.54, 1.807) is 0 Å². The van der Waals surface area contributed by atoms with Gasteiger partial charge in [-0.05, 0) is 73.4 Å². The predicted octanol–water partition coefficient (Wildman–Crippen LogP) is 8.83. The molecule has 198 valence electrons. The molecule has 39 heavy (non-hydrogen) atoms. The summed E-state index contributed by atoms with van der Waals surface area (Å²) < 4.78 is 2.30. The Labute approximate surface area is 239 Å². The number of aliphatic imine (C=N–C) groups is 1. The summed E-state index contributed by atoms with van der Waals surface area (Å²) >= 11 is 8.04. The number of rotatable bonds is 5. The van der Waals surface area contributed by atoms with E-state index in [0.717, 1.165) is 67.8 Å². The molecule has 0 bridgehead atoms. The molecule has 1 amide bonds. The Hall–Kier alpha value is -3.28. The first-order chi connectivity index (χ1) is 19.0. The van der Waals surface area contributed by atoms with E-state index in [1.165, 1.54) is 18.2 Å². The Morgan fingerprint density at radius 3 is 2.49 bits per heavy atom. The van der Waals surface area contributed by atoms with Gasteiger partial charge in [0.25, 0.3) is 5.91 Å². The Morgan fingerprint density at radius 2 is 1.69 bits per heavy atom. The van der Waals surface area contributed by atoms with Gasteiger partial charge in [-0.1, -0.05) is 86.0 Å². The summed E-state index contributed by atoms with van der Waals surface area (Å²) in [6.45, 7) is 5.08. The van der Waals surface area contributed by atoms with Crippen LogP contribution in [0, 0.1) is 12.8 Å². The largest absolute Gasteiger partial charge is 0.340 e. The summed E-state index contributed by atoms with van der Waals surface area (Å²) in [5.41, 5.74) is 5.26. The first-order valence-corrected chi connectivity index (χ1v) is 14.9. The second-order valence-corrected chi connectivity index (χ2v) is 12.0. The molecule has 1 aliphatic carbocycles. The second-order valence-electron chi connectivity index (χ2n) is 10.5. The molecule has 6 rings (SSSR count). The maximum atomic E-state index is 14.1. The monoisotopic (exact) mass is 553 g/mol. The molecular weight excluding hydrogens is 522 g/mol. The maximum absolute atomic E-state index is 14.1. The van der Waals surface area contributed by atoms with Gasteiger partial charge in [0, 0.05) is 39.8 Å². The van der Waals surface area contributed by atoms with Crippen molar-refractivity contribution in [1.29, 1.82) is 0 Å². The van der Waals surface area contributed by atoms with Crippen LogP contribution in [0.2, 0.25) is 5.02 Å². The van der Waals surface area contributed by atoms with Crippen molar-refractivity contribution < 1.29 is 4.79 Å². The highest BCUT2D eigenvalue weighted by atomic mass is 35.5. The molecule has 4 nitrogen and oxygen atoms in total. The minimum Gasteiger partial charge on any atom is -0.340 e. The number of thioether (sulfide) groups is 1. The smallest absolute Gasteiger partial charge is 0.267 e. The van der Waals surface area contributed by atoms with Gasteiger partial charge in [-0.3, -0.25) is 9.69 Å². The molecule has 1 aliphatic heterocycles. The number of halogens is 1. The molecule has 2 aliphatic rings. The molecule has 6 heteroatoms. The van der Waals surface area contributed by atoms with Crippen LogP contribution in [0.3, 0.4) is 0 Å². The zero-order chi connectivity index (χ0) is 26.9. The lowest BCUT2D eigenvalue weighted by atomic mass is 9.85. The number of hydrogen-bond donors (Lipinski definition) is 0. The van der Waals surface area contributed by atoms with Gasteiger partial charge in [0.2, 0.25) is 0 Å². The van der Waals surface area contributed by atoms with Gasteiger partial charge in [0.05, 0.1) is 10.6 Å². The molecule has 0 spiro atoms. The van der Waals surface area contributed by atoms with Crippen LogP contribution in [0.25, 0.3) is 17.0 Å². The zero-order valence-corrected chi connectivity index (χ0v) is 23.9. The quantitative estimate of drug-likeness (QED) is 0.231. The van der Waals surface area contributed by atoms with Gasteiger partial charge in [0.15, 0.2) is 5.17 Å². The molecule has 3 aromatic carbocycles. The van der Waals surface area contributed by atoms with E-state index < -0.39 is 0 Å². The number of benzene rings is 3. The van der Waals surface area contributed by atoms with Crippen LogP contribution in [0.15, 0.2) is 88.8 Å². The molecule has 0 N–H and O–H groups in total. The maximum Gasteiger partial charge on any atom is 0.267 e. The van der Waals surface area contributed by atoms with Crippen molar-refractivity contribution in [2.45, 2.75) is 52.1 Å². The van der Waals surface area contributed by atoms with Gasteiger partial charge in [-0.15, -0.1) is 0 Å². The average Bonchev–Trinajstić information content (AvgIpc) is 3.39. The number of nitrogens with zero attached hydrogens (tertiary/aromatic N) is 3. The summed E-state index contributed by atoms with van der Waals surface area (Å²) in [7, 11) is 0. The van der Waals surface area contributed by atoms with Gasteiger partial charge in [-0.25, -0.2) is 4.99 Å². The Balaban J connectivity index is 1.44. The molecule has 1 aromatic heterocycles. The normalized spacial score (nSPS) is 21.9. The van der Waals surface area contributed by atoms with Crippen LogP contribution in [0.5, 0.6) is 0 Å². The summed E-state index contributed by atoms with van der Waals surface area (Å²) in [5.74, 6) is 0.513. The SMILES string of the molecule is Cc1c(/C=C2\SC(=Nc3ccccc3)N([C@@H]3CCCC[C@H]3C)C2=O)c2ccccc2n1Cc1ccccc1Cl. The van der Waals surface area contributed by atoms with E-state index in [1.807, 2.05) is 53.4 Å². The van der Waals surface area contributed by atoms with Crippen LogP contribution in [0.4, 0.5) is 5.69 Å². The zero-order valence-electron chi connectivity index (χ0n) is 22.3. The molecule has 1 saturated heterocycles. The fraction of sp³-hybridized carbons (Fsp3) is 0.273. The van der Waals surface area contributed by atoms with Crippen LogP contribution in [-0.2, 0) is 11.3 Å². The first kappa shape index (κ1) is 26.0. The number of amidine groups is 1. The summed E-state index contributed by atoms with van der Waals surface area (Å²) in [4.78, 5) is 21.8. The third-order valence-electron chi connectivity index (χ3n) is 8.06. The van der Waals surface area contributed by atoms with Crippen LogP contribution >= 0.6 is 23.4 Å². The lowest BCUT2D eigenvalue weighted by Gasteiger charge is -2.35. The van der Waals surface area contributed by atoms with Crippen LogP contribution in [0.1, 0.15) is 49.4 Å². The highest BCUT2D eigenvalue weighted by molar-refractivity contribution is 8.18. The van der Waals surface area contributed by atoms with Gasteiger partial charge < -0.3 is 4.57 Å². The molecule has 2 heterocycles. The molecule has 2 fully saturated rings. The van der Waals surface area contributed by atoms with E-state index >= 15 is 0 Å². The summed E-state index contributed by atoms with van der Waals surface area (Å²) in [6, 6.07) is 26.5. The molecule has 0 unspecified atom stereocenters. The first-order valence-electron chi connectivity index (χ1n) is 13.7. The number of carbonyl (C=O) groups is 1. The van der Waals surface area contributed by atoms with Crippen LogP contribution in [-0.4, -0.2) is 26.6 Å². The molecule has 2 atom stereocenters. The molecule has 0 radical (unpaired) electrons.